The molecule has 0 aromatic carbocycles. The van der Waals surface area contributed by atoms with Crippen LogP contribution in [0.15, 0.2) is 42.6 Å². The molecule has 1 amide bonds. The first kappa shape index (κ1) is 16.7. The third-order valence-electron chi connectivity index (χ3n) is 4.11. The fraction of sp³-hybridized carbons (Fsp3) is 0.333. The van der Waals surface area contributed by atoms with E-state index in [1.165, 1.54) is 0 Å². The standard InChI is InChI=1S/C18H20N6O/c19-14-15-4-3-5-16(22-15)20-9-7-18(25)24-12-10-23(11-13-24)17-6-1-2-8-21-17/h1-6,8H,7,9-13H2,(H,20,22). The van der Waals surface area contributed by atoms with E-state index in [2.05, 4.69) is 20.2 Å². The number of piperazine rings is 1. The molecule has 2 aromatic heterocycles. The number of carbonyl (C=O) groups excluding carboxylic acids is 1. The van der Waals surface area contributed by atoms with Gasteiger partial charge in [0.1, 0.15) is 23.4 Å². The second-order valence-corrected chi connectivity index (χ2v) is 5.75. The van der Waals surface area contributed by atoms with Crippen LogP contribution in [0.3, 0.4) is 0 Å². The van der Waals surface area contributed by atoms with Gasteiger partial charge in [-0.1, -0.05) is 12.1 Å². The van der Waals surface area contributed by atoms with Crippen LogP contribution in [0, 0.1) is 11.3 Å². The minimum atomic E-state index is 0.129. The molecule has 7 heteroatoms. The minimum absolute atomic E-state index is 0.129. The summed E-state index contributed by atoms with van der Waals surface area (Å²) in [4.78, 5) is 24.9. The molecule has 1 aliphatic heterocycles. The highest BCUT2D eigenvalue weighted by Crippen LogP contribution is 2.13. The number of pyridine rings is 2. The molecule has 0 spiro atoms. The number of nitrogens with zero attached hydrogens (tertiary/aromatic N) is 5. The third kappa shape index (κ3) is 4.44. The molecule has 0 saturated carbocycles. The van der Waals surface area contributed by atoms with Gasteiger partial charge < -0.3 is 15.1 Å². The highest BCUT2D eigenvalue weighted by Gasteiger charge is 2.21. The van der Waals surface area contributed by atoms with E-state index >= 15 is 0 Å². The van der Waals surface area contributed by atoms with E-state index in [9.17, 15) is 4.79 Å². The summed E-state index contributed by atoms with van der Waals surface area (Å²) in [7, 11) is 0. The maximum atomic E-state index is 12.3. The Morgan fingerprint density at radius 3 is 2.72 bits per heavy atom. The SMILES string of the molecule is N#Cc1cccc(NCCC(=O)N2CCN(c3ccccn3)CC2)n1. The van der Waals surface area contributed by atoms with Gasteiger partial charge in [-0.15, -0.1) is 0 Å². The molecule has 3 heterocycles. The van der Waals surface area contributed by atoms with E-state index in [-0.39, 0.29) is 5.91 Å². The van der Waals surface area contributed by atoms with E-state index in [1.54, 1.807) is 24.4 Å². The Bertz CT molecular complexity index is 750. The van der Waals surface area contributed by atoms with Gasteiger partial charge in [-0.2, -0.15) is 5.26 Å². The Hall–Kier alpha value is -3.14. The minimum Gasteiger partial charge on any atom is -0.370 e. The van der Waals surface area contributed by atoms with Gasteiger partial charge in [0.15, 0.2) is 0 Å². The number of nitriles is 1. The molecule has 1 saturated heterocycles. The van der Waals surface area contributed by atoms with Gasteiger partial charge in [-0.05, 0) is 24.3 Å². The summed E-state index contributed by atoms with van der Waals surface area (Å²) in [5, 5.41) is 11.9. The molecule has 7 nitrogen and oxygen atoms in total. The molecule has 0 unspecified atom stereocenters. The summed E-state index contributed by atoms with van der Waals surface area (Å²) in [5.74, 6) is 1.70. The van der Waals surface area contributed by atoms with Crippen molar-refractivity contribution >= 4 is 17.5 Å². The molecule has 3 rings (SSSR count). The Labute approximate surface area is 146 Å². The van der Waals surface area contributed by atoms with Gasteiger partial charge >= 0.3 is 0 Å². The van der Waals surface area contributed by atoms with Crippen LogP contribution in [0.1, 0.15) is 12.1 Å². The molecule has 128 valence electrons. The molecule has 2 aromatic rings. The predicted molar refractivity (Wildman–Crippen MR) is 95.1 cm³/mol. The molecule has 0 aliphatic carbocycles. The van der Waals surface area contributed by atoms with Gasteiger partial charge in [-0.3, -0.25) is 4.79 Å². The van der Waals surface area contributed by atoms with Gasteiger partial charge in [0, 0.05) is 45.3 Å². The summed E-state index contributed by atoms with van der Waals surface area (Å²) in [6, 6.07) is 13.1. The van der Waals surface area contributed by atoms with Crippen LogP contribution in [0.2, 0.25) is 0 Å². The zero-order valence-electron chi connectivity index (χ0n) is 13.9. The van der Waals surface area contributed by atoms with Gasteiger partial charge in [-0.25, -0.2) is 9.97 Å². The van der Waals surface area contributed by atoms with Gasteiger partial charge in [0.25, 0.3) is 0 Å². The average molecular weight is 336 g/mol. The normalized spacial score (nSPS) is 14.0. The van der Waals surface area contributed by atoms with Crippen molar-refractivity contribution in [2.45, 2.75) is 6.42 Å². The fourth-order valence-corrected chi connectivity index (χ4v) is 2.78. The number of anilines is 2. The lowest BCUT2D eigenvalue weighted by atomic mass is 10.2. The summed E-state index contributed by atoms with van der Waals surface area (Å²) in [6.07, 6.45) is 2.19. The zero-order chi connectivity index (χ0) is 17.5. The number of nitrogens with one attached hydrogen (secondary N) is 1. The molecule has 0 radical (unpaired) electrons. The van der Waals surface area contributed by atoms with E-state index in [0.29, 0.717) is 37.6 Å². The maximum absolute atomic E-state index is 12.3. The molecule has 25 heavy (non-hydrogen) atoms. The Morgan fingerprint density at radius 1 is 1.16 bits per heavy atom. The lowest BCUT2D eigenvalue weighted by Crippen LogP contribution is -2.49. The summed E-state index contributed by atoms with van der Waals surface area (Å²) in [6.45, 7) is 3.50. The first-order chi connectivity index (χ1) is 12.3. The molecular weight excluding hydrogens is 316 g/mol. The van der Waals surface area contributed by atoms with Crippen molar-refractivity contribution in [2.24, 2.45) is 0 Å². The average Bonchev–Trinajstić information content (AvgIpc) is 2.69. The molecule has 0 atom stereocenters. The predicted octanol–water partition coefficient (Wildman–Crippen LogP) is 1.50. The van der Waals surface area contributed by atoms with E-state index in [4.69, 9.17) is 5.26 Å². The third-order valence-corrected chi connectivity index (χ3v) is 4.11. The van der Waals surface area contributed by atoms with Crippen LogP contribution in [-0.4, -0.2) is 53.5 Å². The Kier molecular flexibility index (Phi) is 5.42. The van der Waals surface area contributed by atoms with Crippen LogP contribution in [0.4, 0.5) is 11.6 Å². The van der Waals surface area contributed by atoms with Crippen LogP contribution in [0.5, 0.6) is 0 Å². The molecule has 1 aliphatic rings. The summed E-state index contributed by atoms with van der Waals surface area (Å²) >= 11 is 0. The van der Waals surface area contributed by atoms with Crippen LogP contribution in [0.25, 0.3) is 0 Å². The number of carbonyl (C=O) groups is 1. The van der Waals surface area contributed by atoms with Crippen molar-refractivity contribution in [3.05, 3.63) is 48.3 Å². The van der Waals surface area contributed by atoms with Crippen molar-refractivity contribution in [1.82, 2.24) is 14.9 Å². The van der Waals surface area contributed by atoms with E-state index < -0.39 is 0 Å². The van der Waals surface area contributed by atoms with Crippen LogP contribution < -0.4 is 10.2 Å². The molecule has 0 bridgehead atoms. The summed E-state index contributed by atoms with van der Waals surface area (Å²) < 4.78 is 0. The number of rotatable bonds is 5. The monoisotopic (exact) mass is 336 g/mol. The van der Waals surface area contributed by atoms with Crippen molar-refractivity contribution in [3.8, 4) is 6.07 Å². The molecule has 1 fully saturated rings. The largest absolute Gasteiger partial charge is 0.370 e. The molecule has 1 N–H and O–H groups in total. The smallest absolute Gasteiger partial charge is 0.224 e. The Balaban J connectivity index is 1.43. The highest BCUT2D eigenvalue weighted by molar-refractivity contribution is 5.77. The topological polar surface area (TPSA) is 85.2 Å². The molecular formula is C18H20N6O. The second kappa shape index (κ2) is 8.11. The van der Waals surface area contributed by atoms with Crippen molar-refractivity contribution in [2.75, 3.05) is 42.9 Å². The lowest BCUT2D eigenvalue weighted by Gasteiger charge is -2.35. The quantitative estimate of drug-likeness (QED) is 0.891. The van der Waals surface area contributed by atoms with E-state index in [1.807, 2.05) is 29.2 Å². The maximum Gasteiger partial charge on any atom is 0.224 e. The van der Waals surface area contributed by atoms with Crippen molar-refractivity contribution in [3.63, 3.8) is 0 Å². The van der Waals surface area contributed by atoms with Crippen molar-refractivity contribution < 1.29 is 4.79 Å². The zero-order valence-corrected chi connectivity index (χ0v) is 13.9. The van der Waals surface area contributed by atoms with Gasteiger partial charge in [0.2, 0.25) is 5.91 Å². The first-order valence-corrected chi connectivity index (χ1v) is 8.31. The lowest BCUT2D eigenvalue weighted by molar-refractivity contribution is -0.131. The summed E-state index contributed by atoms with van der Waals surface area (Å²) in [5.41, 5.74) is 0.363. The van der Waals surface area contributed by atoms with Crippen LogP contribution in [-0.2, 0) is 4.79 Å². The first-order valence-electron chi connectivity index (χ1n) is 8.31. The van der Waals surface area contributed by atoms with Gasteiger partial charge in [0.05, 0.1) is 0 Å². The van der Waals surface area contributed by atoms with E-state index in [0.717, 1.165) is 18.9 Å². The fourth-order valence-electron chi connectivity index (χ4n) is 2.78. The highest BCUT2D eigenvalue weighted by atomic mass is 16.2. The number of amides is 1. The Morgan fingerprint density at radius 2 is 2.00 bits per heavy atom. The second-order valence-electron chi connectivity index (χ2n) is 5.75. The van der Waals surface area contributed by atoms with Crippen molar-refractivity contribution in [1.29, 1.82) is 5.26 Å². The number of hydrogen-bond acceptors (Lipinski definition) is 6. The number of hydrogen-bond donors (Lipinski definition) is 1. The number of aromatic nitrogens is 2. The van der Waals surface area contributed by atoms with Crippen LogP contribution >= 0.6 is 0 Å².